The summed E-state index contributed by atoms with van der Waals surface area (Å²) in [4.78, 5) is 4.36. The summed E-state index contributed by atoms with van der Waals surface area (Å²) in [5.41, 5.74) is 8.95. The molecule has 0 saturated carbocycles. The Kier molecular flexibility index (Phi) is 3.33. The van der Waals surface area contributed by atoms with Crippen LogP contribution >= 0.6 is 11.6 Å². The fraction of sp³-hybridized carbons (Fsp3) is 0.0769. The molecule has 0 aliphatic rings. The zero-order valence-electron chi connectivity index (χ0n) is 11.2. The molecule has 0 amide bonds. The normalized spacial score (nSPS) is 11.0. The second-order valence-corrected chi connectivity index (χ2v) is 5.14. The zero-order valence-corrected chi connectivity index (χ0v) is 11.9. The summed E-state index contributed by atoms with van der Waals surface area (Å²) in [6, 6.07) is 8.27. The summed E-state index contributed by atoms with van der Waals surface area (Å²) in [6.07, 6.45) is 0. The highest BCUT2D eigenvalue weighted by Crippen LogP contribution is 2.27. The maximum atomic E-state index is 9.14. The van der Waals surface area contributed by atoms with Crippen LogP contribution in [0.1, 0.15) is 5.69 Å². The SMILES string of the molecule is Cc1cc(N)n2nc(-c3ccc(B(O)O)cc3Cl)cc2n1. The van der Waals surface area contributed by atoms with E-state index in [1.165, 1.54) is 10.6 Å². The van der Waals surface area contributed by atoms with Gasteiger partial charge >= 0.3 is 7.12 Å². The average molecular weight is 303 g/mol. The van der Waals surface area contributed by atoms with Crippen LogP contribution in [0.3, 0.4) is 0 Å². The van der Waals surface area contributed by atoms with Crippen molar-refractivity contribution in [2.45, 2.75) is 6.92 Å². The van der Waals surface area contributed by atoms with E-state index in [2.05, 4.69) is 10.1 Å². The van der Waals surface area contributed by atoms with Crippen molar-refractivity contribution >= 4 is 35.6 Å². The molecule has 0 fully saturated rings. The predicted molar refractivity (Wildman–Crippen MR) is 82.4 cm³/mol. The smallest absolute Gasteiger partial charge is 0.423 e. The average Bonchev–Trinajstić information content (AvgIpc) is 2.82. The first kappa shape index (κ1) is 13.9. The molecule has 0 unspecified atom stereocenters. The minimum absolute atomic E-state index is 0.320. The molecule has 0 saturated heterocycles. The lowest BCUT2D eigenvalue weighted by Crippen LogP contribution is -2.29. The Balaban J connectivity index is 2.14. The van der Waals surface area contributed by atoms with Crippen molar-refractivity contribution in [3.8, 4) is 11.3 Å². The minimum atomic E-state index is -1.56. The van der Waals surface area contributed by atoms with Crippen LogP contribution in [0.5, 0.6) is 0 Å². The Labute approximate surface area is 126 Å². The number of nitrogens with two attached hydrogens (primary N) is 1. The highest BCUT2D eigenvalue weighted by atomic mass is 35.5. The number of aryl methyl sites for hydroxylation is 1. The van der Waals surface area contributed by atoms with Crippen LogP contribution in [0.25, 0.3) is 16.9 Å². The van der Waals surface area contributed by atoms with Gasteiger partial charge in [0, 0.05) is 28.4 Å². The van der Waals surface area contributed by atoms with Crippen LogP contribution in [0.2, 0.25) is 5.02 Å². The molecule has 0 atom stereocenters. The van der Waals surface area contributed by atoms with E-state index in [0.29, 0.717) is 33.2 Å². The molecule has 4 N–H and O–H groups in total. The maximum Gasteiger partial charge on any atom is 0.488 e. The first-order valence-electron chi connectivity index (χ1n) is 6.24. The van der Waals surface area contributed by atoms with Crippen LogP contribution in [-0.4, -0.2) is 31.8 Å². The molecule has 0 spiro atoms. The highest BCUT2D eigenvalue weighted by molar-refractivity contribution is 6.59. The van der Waals surface area contributed by atoms with Gasteiger partial charge in [0.1, 0.15) is 5.82 Å². The van der Waals surface area contributed by atoms with Crippen molar-refractivity contribution in [1.82, 2.24) is 14.6 Å². The number of aromatic nitrogens is 3. The van der Waals surface area contributed by atoms with Gasteiger partial charge in [0.2, 0.25) is 0 Å². The number of anilines is 1. The minimum Gasteiger partial charge on any atom is -0.423 e. The number of halogens is 1. The number of hydrogen-bond acceptors (Lipinski definition) is 5. The van der Waals surface area contributed by atoms with Crippen LogP contribution in [-0.2, 0) is 0 Å². The molecule has 0 aliphatic carbocycles. The van der Waals surface area contributed by atoms with Gasteiger partial charge in [-0.05, 0) is 18.5 Å². The lowest BCUT2D eigenvalue weighted by molar-refractivity contribution is 0.426. The molecule has 3 aromatic rings. The second kappa shape index (κ2) is 5.03. The Morgan fingerprint density at radius 3 is 2.67 bits per heavy atom. The summed E-state index contributed by atoms with van der Waals surface area (Å²) < 4.78 is 1.54. The van der Waals surface area contributed by atoms with Gasteiger partial charge in [0.05, 0.1) is 5.69 Å². The lowest BCUT2D eigenvalue weighted by atomic mass is 9.80. The third kappa shape index (κ3) is 2.46. The highest BCUT2D eigenvalue weighted by Gasteiger charge is 2.15. The van der Waals surface area contributed by atoms with E-state index in [1.807, 2.05) is 6.92 Å². The van der Waals surface area contributed by atoms with Crippen molar-refractivity contribution < 1.29 is 10.0 Å². The van der Waals surface area contributed by atoms with Crippen LogP contribution < -0.4 is 11.2 Å². The third-order valence-corrected chi connectivity index (χ3v) is 3.46. The quantitative estimate of drug-likeness (QED) is 0.603. The van der Waals surface area contributed by atoms with Crippen molar-refractivity contribution in [2.75, 3.05) is 5.73 Å². The summed E-state index contributed by atoms with van der Waals surface area (Å²) in [7, 11) is -1.56. The number of benzene rings is 1. The van der Waals surface area contributed by atoms with E-state index in [9.17, 15) is 0 Å². The molecule has 1 aromatic carbocycles. The van der Waals surface area contributed by atoms with Gasteiger partial charge in [-0.3, -0.25) is 0 Å². The molecule has 21 heavy (non-hydrogen) atoms. The van der Waals surface area contributed by atoms with Crippen molar-refractivity contribution in [3.05, 3.63) is 41.0 Å². The van der Waals surface area contributed by atoms with Crippen LogP contribution in [0, 0.1) is 6.92 Å². The Bertz CT molecular complexity index is 834. The van der Waals surface area contributed by atoms with Crippen molar-refractivity contribution in [1.29, 1.82) is 0 Å². The number of rotatable bonds is 2. The molecule has 0 radical (unpaired) electrons. The van der Waals surface area contributed by atoms with E-state index in [-0.39, 0.29) is 0 Å². The van der Waals surface area contributed by atoms with E-state index in [4.69, 9.17) is 27.4 Å². The van der Waals surface area contributed by atoms with E-state index in [0.717, 1.165) is 5.69 Å². The zero-order chi connectivity index (χ0) is 15.1. The number of fused-ring (bicyclic) bond motifs is 1. The summed E-state index contributed by atoms with van der Waals surface area (Å²) in [6.45, 7) is 1.85. The second-order valence-electron chi connectivity index (χ2n) is 4.73. The van der Waals surface area contributed by atoms with Gasteiger partial charge in [-0.1, -0.05) is 23.7 Å². The number of nitrogen functional groups attached to an aromatic ring is 1. The Morgan fingerprint density at radius 1 is 1.24 bits per heavy atom. The van der Waals surface area contributed by atoms with E-state index < -0.39 is 7.12 Å². The van der Waals surface area contributed by atoms with Gasteiger partial charge in [-0.2, -0.15) is 9.61 Å². The topological polar surface area (TPSA) is 96.7 Å². The fourth-order valence-electron chi connectivity index (χ4n) is 2.16. The number of hydrogen-bond donors (Lipinski definition) is 3. The molecule has 6 nitrogen and oxygen atoms in total. The van der Waals surface area contributed by atoms with Gasteiger partial charge < -0.3 is 15.8 Å². The predicted octanol–water partition coefficient (Wildman–Crippen LogP) is 0.620. The molecular weight excluding hydrogens is 290 g/mol. The Morgan fingerprint density at radius 2 is 2.00 bits per heavy atom. The molecule has 2 heterocycles. The van der Waals surface area contributed by atoms with Crippen LogP contribution in [0.15, 0.2) is 30.3 Å². The van der Waals surface area contributed by atoms with Crippen molar-refractivity contribution in [3.63, 3.8) is 0 Å². The molecule has 3 rings (SSSR count). The van der Waals surface area contributed by atoms with Gasteiger partial charge in [-0.15, -0.1) is 0 Å². The van der Waals surface area contributed by atoms with Gasteiger partial charge in [0.15, 0.2) is 5.65 Å². The largest absolute Gasteiger partial charge is 0.488 e. The molecular formula is C13H12BClN4O2. The number of nitrogens with zero attached hydrogens (tertiary/aromatic N) is 3. The van der Waals surface area contributed by atoms with Gasteiger partial charge in [-0.25, -0.2) is 4.98 Å². The third-order valence-electron chi connectivity index (χ3n) is 3.15. The van der Waals surface area contributed by atoms with Crippen molar-refractivity contribution in [2.24, 2.45) is 0 Å². The molecule has 106 valence electrons. The van der Waals surface area contributed by atoms with Crippen LogP contribution in [0.4, 0.5) is 5.82 Å². The first-order valence-corrected chi connectivity index (χ1v) is 6.62. The summed E-state index contributed by atoms with van der Waals surface area (Å²) in [5, 5.41) is 23.0. The maximum absolute atomic E-state index is 9.14. The van der Waals surface area contributed by atoms with Gasteiger partial charge in [0.25, 0.3) is 0 Å². The standard InChI is InChI=1S/C13H12BClN4O2/c1-7-4-12(16)19-13(17-7)6-11(18-19)9-3-2-8(14(20)21)5-10(9)15/h2-6,20-21H,16H2,1H3. The summed E-state index contributed by atoms with van der Waals surface area (Å²) in [5.74, 6) is 0.488. The van der Waals surface area contributed by atoms with E-state index >= 15 is 0 Å². The summed E-state index contributed by atoms with van der Waals surface area (Å²) >= 11 is 6.18. The molecule has 0 aliphatic heterocycles. The molecule has 8 heteroatoms. The Hall–Kier alpha value is -2.09. The monoisotopic (exact) mass is 302 g/mol. The molecule has 2 aromatic heterocycles. The first-order chi connectivity index (χ1) is 9.95. The molecule has 0 bridgehead atoms. The fourth-order valence-corrected chi connectivity index (χ4v) is 2.45. The van der Waals surface area contributed by atoms with E-state index in [1.54, 1.807) is 24.3 Å². The lowest BCUT2D eigenvalue weighted by Gasteiger charge is -2.04.